The molecule has 0 aliphatic rings. The van der Waals surface area contributed by atoms with Crippen molar-refractivity contribution >= 4 is 5.69 Å². The van der Waals surface area contributed by atoms with E-state index in [2.05, 4.69) is 26.1 Å². The molecule has 1 aromatic rings. The number of nitrogens with zero attached hydrogens (tertiary/aromatic N) is 1. The standard InChI is InChI=1S/C14H22N2O4/c1-14(2,3)15-10-11-5-6-12(16(18)19)13(9-11)20-8-4-7-17/h5-6,9,15,17H,4,7-8,10H2,1-3H3. The highest BCUT2D eigenvalue weighted by atomic mass is 16.6. The molecule has 6 nitrogen and oxygen atoms in total. The number of nitro benzene ring substituents is 1. The first-order chi connectivity index (χ1) is 9.33. The van der Waals surface area contributed by atoms with Gasteiger partial charge in [0.1, 0.15) is 0 Å². The number of ether oxygens (including phenoxy) is 1. The predicted octanol–water partition coefficient (Wildman–Crippen LogP) is 2.24. The first-order valence-corrected chi connectivity index (χ1v) is 6.59. The van der Waals surface area contributed by atoms with Crippen LogP contribution in [0.1, 0.15) is 32.8 Å². The molecule has 0 radical (unpaired) electrons. The topological polar surface area (TPSA) is 84.6 Å². The fourth-order valence-corrected chi connectivity index (χ4v) is 1.55. The quantitative estimate of drug-likeness (QED) is 0.455. The minimum Gasteiger partial charge on any atom is -0.487 e. The third kappa shape index (κ3) is 5.54. The number of hydrogen-bond donors (Lipinski definition) is 2. The highest BCUT2D eigenvalue weighted by Gasteiger charge is 2.16. The van der Waals surface area contributed by atoms with E-state index in [-0.39, 0.29) is 30.2 Å². The molecule has 0 saturated carbocycles. The van der Waals surface area contributed by atoms with Crippen molar-refractivity contribution in [1.29, 1.82) is 0 Å². The first kappa shape index (κ1) is 16.4. The minimum absolute atomic E-state index is 0.000925. The molecular formula is C14H22N2O4. The van der Waals surface area contributed by atoms with Gasteiger partial charge in [0, 0.05) is 31.2 Å². The van der Waals surface area contributed by atoms with Crippen LogP contribution in [0.25, 0.3) is 0 Å². The second-order valence-electron chi connectivity index (χ2n) is 5.59. The van der Waals surface area contributed by atoms with Crippen LogP contribution in [0.15, 0.2) is 18.2 Å². The molecule has 0 atom stereocenters. The average molecular weight is 282 g/mol. The van der Waals surface area contributed by atoms with Crippen LogP contribution in [0.5, 0.6) is 5.75 Å². The largest absolute Gasteiger partial charge is 0.487 e. The van der Waals surface area contributed by atoms with Crippen molar-refractivity contribution in [2.75, 3.05) is 13.2 Å². The fraction of sp³-hybridized carbons (Fsp3) is 0.571. The van der Waals surface area contributed by atoms with E-state index >= 15 is 0 Å². The summed E-state index contributed by atoms with van der Waals surface area (Å²) in [4.78, 5) is 10.5. The van der Waals surface area contributed by atoms with Gasteiger partial charge in [-0.05, 0) is 32.4 Å². The van der Waals surface area contributed by atoms with Crippen LogP contribution in [-0.4, -0.2) is 28.8 Å². The number of rotatable bonds is 7. The minimum atomic E-state index is -0.463. The molecule has 0 aliphatic heterocycles. The molecule has 6 heteroatoms. The van der Waals surface area contributed by atoms with Gasteiger partial charge in [0.05, 0.1) is 11.5 Å². The summed E-state index contributed by atoms with van der Waals surface area (Å²) in [5.74, 6) is 0.247. The summed E-state index contributed by atoms with van der Waals surface area (Å²) in [5.41, 5.74) is 0.839. The molecule has 112 valence electrons. The summed E-state index contributed by atoms with van der Waals surface area (Å²) >= 11 is 0. The van der Waals surface area contributed by atoms with E-state index in [0.717, 1.165) is 5.56 Å². The lowest BCUT2D eigenvalue weighted by molar-refractivity contribution is -0.385. The van der Waals surface area contributed by atoms with E-state index in [1.165, 1.54) is 6.07 Å². The van der Waals surface area contributed by atoms with Crippen LogP contribution in [0.2, 0.25) is 0 Å². The van der Waals surface area contributed by atoms with Crippen molar-refractivity contribution in [3.8, 4) is 5.75 Å². The molecule has 0 bridgehead atoms. The summed E-state index contributed by atoms with van der Waals surface area (Å²) in [6.45, 7) is 7.02. The molecule has 0 aromatic heterocycles. The Hall–Kier alpha value is -1.66. The highest BCUT2D eigenvalue weighted by Crippen LogP contribution is 2.28. The van der Waals surface area contributed by atoms with Crippen LogP contribution in [0.4, 0.5) is 5.69 Å². The lowest BCUT2D eigenvalue weighted by Gasteiger charge is -2.20. The Balaban J connectivity index is 2.83. The fourth-order valence-electron chi connectivity index (χ4n) is 1.55. The monoisotopic (exact) mass is 282 g/mol. The molecule has 0 amide bonds. The zero-order valence-corrected chi connectivity index (χ0v) is 12.2. The maximum Gasteiger partial charge on any atom is 0.310 e. The van der Waals surface area contributed by atoms with Gasteiger partial charge in [0.2, 0.25) is 0 Å². The van der Waals surface area contributed by atoms with E-state index < -0.39 is 4.92 Å². The Bertz CT molecular complexity index is 455. The lowest BCUT2D eigenvalue weighted by atomic mass is 10.1. The molecular weight excluding hydrogens is 260 g/mol. The molecule has 1 rings (SSSR count). The van der Waals surface area contributed by atoms with Crippen molar-refractivity contribution in [3.05, 3.63) is 33.9 Å². The summed E-state index contributed by atoms with van der Waals surface area (Å²) in [5, 5.41) is 23.0. The van der Waals surface area contributed by atoms with E-state index in [1.807, 2.05) is 0 Å². The molecule has 0 spiro atoms. The molecule has 0 heterocycles. The average Bonchev–Trinajstić information content (AvgIpc) is 2.36. The van der Waals surface area contributed by atoms with Crippen LogP contribution >= 0.6 is 0 Å². The van der Waals surface area contributed by atoms with Gasteiger partial charge >= 0.3 is 5.69 Å². The molecule has 2 N–H and O–H groups in total. The summed E-state index contributed by atoms with van der Waals surface area (Å²) in [6, 6.07) is 4.85. The van der Waals surface area contributed by atoms with Gasteiger partial charge in [-0.25, -0.2) is 0 Å². The second-order valence-corrected chi connectivity index (χ2v) is 5.59. The third-order valence-corrected chi connectivity index (χ3v) is 2.60. The van der Waals surface area contributed by atoms with E-state index in [1.54, 1.807) is 12.1 Å². The Morgan fingerprint density at radius 3 is 2.65 bits per heavy atom. The zero-order chi connectivity index (χ0) is 15.2. The van der Waals surface area contributed by atoms with Gasteiger partial charge in [-0.2, -0.15) is 0 Å². The SMILES string of the molecule is CC(C)(C)NCc1ccc([N+](=O)[O-])c(OCCCO)c1. The van der Waals surface area contributed by atoms with Gasteiger partial charge < -0.3 is 15.2 Å². The summed E-state index contributed by atoms with van der Waals surface area (Å²) < 4.78 is 5.38. The third-order valence-electron chi connectivity index (χ3n) is 2.60. The Labute approximate surface area is 118 Å². The second kappa shape index (κ2) is 7.21. The maximum absolute atomic E-state index is 10.9. The van der Waals surface area contributed by atoms with Gasteiger partial charge in [-0.15, -0.1) is 0 Å². The Morgan fingerprint density at radius 2 is 2.10 bits per heavy atom. The lowest BCUT2D eigenvalue weighted by Crippen LogP contribution is -2.35. The molecule has 0 aliphatic carbocycles. The van der Waals surface area contributed by atoms with E-state index in [9.17, 15) is 10.1 Å². The number of hydrogen-bond acceptors (Lipinski definition) is 5. The van der Waals surface area contributed by atoms with Gasteiger partial charge in [-0.1, -0.05) is 6.07 Å². The number of aliphatic hydroxyl groups is 1. The van der Waals surface area contributed by atoms with Gasteiger partial charge in [0.15, 0.2) is 5.75 Å². The molecule has 0 saturated heterocycles. The van der Waals surface area contributed by atoms with Crippen LogP contribution in [-0.2, 0) is 6.54 Å². The Morgan fingerprint density at radius 1 is 1.40 bits per heavy atom. The van der Waals surface area contributed by atoms with Crippen LogP contribution in [0.3, 0.4) is 0 Å². The molecule has 0 unspecified atom stereocenters. The van der Waals surface area contributed by atoms with Crippen molar-refractivity contribution in [2.45, 2.75) is 39.3 Å². The molecule has 1 aromatic carbocycles. The Kier molecular flexibility index (Phi) is 5.91. The van der Waals surface area contributed by atoms with Crippen LogP contribution < -0.4 is 10.1 Å². The number of nitrogens with one attached hydrogen (secondary N) is 1. The van der Waals surface area contributed by atoms with Gasteiger partial charge in [0.25, 0.3) is 0 Å². The number of aliphatic hydroxyl groups excluding tert-OH is 1. The number of nitro groups is 1. The van der Waals surface area contributed by atoms with Crippen molar-refractivity contribution in [2.24, 2.45) is 0 Å². The van der Waals surface area contributed by atoms with Crippen molar-refractivity contribution in [3.63, 3.8) is 0 Å². The van der Waals surface area contributed by atoms with E-state index in [4.69, 9.17) is 9.84 Å². The highest BCUT2D eigenvalue weighted by molar-refractivity contribution is 5.48. The van der Waals surface area contributed by atoms with Gasteiger partial charge in [-0.3, -0.25) is 10.1 Å². The predicted molar refractivity (Wildman–Crippen MR) is 76.9 cm³/mol. The van der Waals surface area contributed by atoms with E-state index in [0.29, 0.717) is 13.0 Å². The summed E-state index contributed by atoms with van der Waals surface area (Å²) in [6.07, 6.45) is 0.446. The normalized spacial score (nSPS) is 11.4. The first-order valence-electron chi connectivity index (χ1n) is 6.59. The molecule has 20 heavy (non-hydrogen) atoms. The maximum atomic E-state index is 10.9. The summed E-state index contributed by atoms with van der Waals surface area (Å²) in [7, 11) is 0. The smallest absolute Gasteiger partial charge is 0.310 e. The van der Waals surface area contributed by atoms with Crippen LogP contribution in [0, 0.1) is 10.1 Å². The number of benzene rings is 1. The van der Waals surface area contributed by atoms with Crippen molar-refractivity contribution < 1.29 is 14.8 Å². The van der Waals surface area contributed by atoms with Crippen molar-refractivity contribution in [1.82, 2.24) is 5.32 Å². The molecule has 0 fully saturated rings. The zero-order valence-electron chi connectivity index (χ0n) is 12.2.